The van der Waals surface area contributed by atoms with Crippen molar-refractivity contribution in [1.82, 2.24) is 10.2 Å². The SMILES string of the molecule is CC(=O)NC1(C(=O)O)S[C@@H]2CC(=O)N2C=C1COC(C)=O. The molecule has 0 spiro atoms. The highest BCUT2D eigenvalue weighted by Gasteiger charge is 2.54. The van der Waals surface area contributed by atoms with Gasteiger partial charge in [-0.3, -0.25) is 14.4 Å². The lowest BCUT2D eigenvalue weighted by Crippen LogP contribution is -2.62. The third-order valence-electron chi connectivity index (χ3n) is 3.09. The Morgan fingerprint density at radius 3 is 2.67 bits per heavy atom. The number of hydrogen-bond acceptors (Lipinski definition) is 6. The zero-order chi connectivity index (χ0) is 15.8. The summed E-state index contributed by atoms with van der Waals surface area (Å²) in [7, 11) is 0. The number of thioether (sulfide) groups is 1. The number of rotatable bonds is 4. The Morgan fingerprint density at radius 1 is 1.52 bits per heavy atom. The largest absolute Gasteiger partial charge is 0.479 e. The molecule has 1 unspecified atom stereocenters. The zero-order valence-corrected chi connectivity index (χ0v) is 12.2. The maximum absolute atomic E-state index is 11.7. The van der Waals surface area contributed by atoms with E-state index < -0.39 is 22.7 Å². The maximum atomic E-state index is 11.7. The molecule has 0 saturated carbocycles. The molecule has 0 aromatic carbocycles. The fraction of sp³-hybridized carbons (Fsp3) is 0.500. The molecule has 2 rings (SSSR count). The summed E-state index contributed by atoms with van der Waals surface area (Å²) in [6.07, 6.45) is 1.55. The number of nitrogens with one attached hydrogen (secondary N) is 1. The van der Waals surface area contributed by atoms with Crippen molar-refractivity contribution in [3.63, 3.8) is 0 Å². The molecule has 2 heterocycles. The standard InChI is InChI=1S/C12H14N2O6S/c1-6(15)13-12(11(18)19)8(5-20-7(2)16)4-14-9(17)3-10(14)21-12/h4,10H,3,5H2,1-2H3,(H,13,15)(H,18,19)/t10-,12?/m1/s1. The molecule has 8 nitrogen and oxygen atoms in total. The van der Waals surface area contributed by atoms with Gasteiger partial charge in [0.2, 0.25) is 16.7 Å². The van der Waals surface area contributed by atoms with Crippen LogP contribution in [-0.2, 0) is 23.9 Å². The highest BCUT2D eigenvalue weighted by atomic mass is 32.2. The summed E-state index contributed by atoms with van der Waals surface area (Å²) in [5.41, 5.74) is 0.134. The number of hydrogen-bond donors (Lipinski definition) is 2. The summed E-state index contributed by atoms with van der Waals surface area (Å²) in [5.74, 6) is -2.53. The Hall–Kier alpha value is -2.03. The smallest absolute Gasteiger partial charge is 0.344 e. The van der Waals surface area contributed by atoms with E-state index in [2.05, 4.69) is 5.32 Å². The Morgan fingerprint density at radius 2 is 2.19 bits per heavy atom. The van der Waals surface area contributed by atoms with Crippen molar-refractivity contribution >= 4 is 35.5 Å². The lowest BCUT2D eigenvalue weighted by Gasteiger charge is -2.47. The van der Waals surface area contributed by atoms with Crippen molar-refractivity contribution in [2.45, 2.75) is 30.5 Å². The first kappa shape index (κ1) is 15.4. The van der Waals surface area contributed by atoms with Crippen LogP contribution in [0.15, 0.2) is 11.8 Å². The molecule has 2 aliphatic rings. The second kappa shape index (κ2) is 5.40. The van der Waals surface area contributed by atoms with Crippen molar-refractivity contribution in [2.24, 2.45) is 0 Å². The molecule has 1 saturated heterocycles. The van der Waals surface area contributed by atoms with Crippen molar-refractivity contribution in [3.05, 3.63) is 11.8 Å². The van der Waals surface area contributed by atoms with Crippen LogP contribution >= 0.6 is 11.8 Å². The maximum Gasteiger partial charge on any atom is 0.344 e. The molecule has 21 heavy (non-hydrogen) atoms. The van der Waals surface area contributed by atoms with Crippen molar-refractivity contribution in [3.8, 4) is 0 Å². The first-order chi connectivity index (χ1) is 9.76. The van der Waals surface area contributed by atoms with E-state index in [1.54, 1.807) is 0 Å². The second-order valence-electron chi connectivity index (χ2n) is 4.68. The fourth-order valence-electron chi connectivity index (χ4n) is 2.11. The van der Waals surface area contributed by atoms with Gasteiger partial charge in [-0.2, -0.15) is 0 Å². The number of ether oxygens (including phenoxy) is 1. The molecule has 0 bridgehead atoms. The van der Waals surface area contributed by atoms with E-state index in [1.807, 2.05) is 0 Å². The third-order valence-corrected chi connectivity index (χ3v) is 4.65. The molecule has 2 atom stereocenters. The molecule has 2 aliphatic heterocycles. The first-order valence-electron chi connectivity index (χ1n) is 6.12. The third kappa shape index (κ3) is 2.73. The molecule has 9 heteroatoms. The van der Waals surface area contributed by atoms with Crippen molar-refractivity contribution in [2.75, 3.05) is 6.61 Å². The number of β-lactam (4-membered cyclic amide) rings is 1. The van der Waals surface area contributed by atoms with E-state index in [9.17, 15) is 24.3 Å². The highest BCUT2D eigenvalue weighted by molar-refractivity contribution is 8.02. The van der Waals surface area contributed by atoms with Gasteiger partial charge in [0.05, 0.1) is 11.8 Å². The van der Waals surface area contributed by atoms with Crippen molar-refractivity contribution < 1.29 is 29.0 Å². The van der Waals surface area contributed by atoms with Gasteiger partial charge >= 0.3 is 11.9 Å². The predicted molar refractivity (Wildman–Crippen MR) is 71.7 cm³/mol. The molecule has 1 fully saturated rings. The van der Waals surface area contributed by atoms with Gasteiger partial charge in [0.25, 0.3) is 0 Å². The number of carbonyl (C=O) groups is 4. The summed E-state index contributed by atoms with van der Waals surface area (Å²) in [6.45, 7) is 2.08. The number of fused-ring (bicyclic) bond motifs is 1. The summed E-state index contributed by atoms with van der Waals surface area (Å²) in [5, 5.41) is 11.6. The van der Waals surface area contributed by atoms with E-state index in [-0.39, 0.29) is 29.9 Å². The lowest BCUT2D eigenvalue weighted by atomic mass is 10.1. The molecule has 114 valence electrons. The number of nitrogens with zero attached hydrogens (tertiary/aromatic N) is 1. The van der Waals surface area contributed by atoms with Gasteiger partial charge in [0.1, 0.15) is 6.61 Å². The topological polar surface area (TPSA) is 113 Å². The molecule has 0 aliphatic carbocycles. The Balaban J connectivity index is 2.38. The Bertz CT molecular complexity index is 560. The summed E-state index contributed by atoms with van der Waals surface area (Å²) in [6, 6.07) is 0. The molecular formula is C12H14N2O6S. The molecule has 0 aromatic rings. The van der Waals surface area contributed by atoms with Crippen LogP contribution in [0.4, 0.5) is 0 Å². The molecule has 0 radical (unpaired) electrons. The summed E-state index contributed by atoms with van der Waals surface area (Å²) < 4.78 is 4.84. The molecule has 2 amide bonds. The van der Waals surface area contributed by atoms with Crippen LogP contribution < -0.4 is 5.32 Å². The van der Waals surface area contributed by atoms with E-state index in [4.69, 9.17) is 4.74 Å². The fourth-order valence-corrected chi connectivity index (χ4v) is 3.60. The van der Waals surface area contributed by atoms with Crippen LogP contribution in [-0.4, -0.2) is 50.6 Å². The minimum atomic E-state index is -1.73. The van der Waals surface area contributed by atoms with Crippen molar-refractivity contribution in [1.29, 1.82) is 0 Å². The summed E-state index contributed by atoms with van der Waals surface area (Å²) >= 11 is 0.943. The molecule has 0 aromatic heterocycles. The summed E-state index contributed by atoms with van der Waals surface area (Å²) in [4.78, 5) is 45.1. The van der Waals surface area contributed by atoms with Gasteiger partial charge in [-0.25, -0.2) is 4.79 Å². The number of carboxylic acids is 1. The molecule has 2 N–H and O–H groups in total. The van der Waals surface area contributed by atoms with Crippen LogP contribution in [0.1, 0.15) is 20.3 Å². The van der Waals surface area contributed by atoms with Crippen LogP contribution in [0.25, 0.3) is 0 Å². The minimum absolute atomic E-state index is 0.134. The number of carbonyl (C=O) groups excluding carboxylic acids is 3. The van der Waals surface area contributed by atoms with Crippen LogP contribution in [0.5, 0.6) is 0 Å². The van der Waals surface area contributed by atoms with Gasteiger partial charge in [0, 0.05) is 25.6 Å². The van der Waals surface area contributed by atoms with Gasteiger partial charge in [-0.05, 0) is 0 Å². The van der Waals surface area contributed by atoms with E-state index >= 15 is 0 Å². The lowest BCUT2D eigenvalue weighted by molar-refractivity contribution is -0.145. The van der Waals surface area contributed by atoms with Gasteiger partial charge in [-0.15, -0.1) is 0 Å². The first-order valence-corrected chi connectivity index (χ1v) is 7.00. The van der Waals surface area contributed by atoms with Crippen LogP contribution in [0.3, 0.4) is 0 Å². The van der Waals surface area contributed by atoms with E-state index in [0.717, 1.165) is 11.8 Å². The van der Waals surface area contributed by atoms with E-state index in [1.165, 1.54) is 24.9 Å². The zero-order valence-electron chi connectivity index (χ0n) is 11.4. The van der Waals surface area contributed by atoms with Gasteiger partial charge in [0.15, 0.2) is 0 Å². The average Bonchev–Trinajstić information content (AvgIpc) is 2.35. The predicted octanol–water partition coefficient (Wildman–Crippen LogP) is -0.344. The van der Waals surface area contributed by atoms with Crippen LogP contribution in [0.2, 0.25) is 0 Å². The quantitative estimate of drug-likeness (QED) is 0.539. The molecular weight excluding hydrogens is 300 g/mol. The van der Waals surface area contributed by atoms with E-state index in [0.29, 0.717) is 0 Å². The number of amides is 2. The number of carboxylic acid groups (broad SMARTS) is 1. The Labute approximate surface area is 124 Å². The minimum Gasteiger partial charge on any atom is -0.479 e. The Kier molecular flexibility index (Phi) is 3.95. The average molecular weight is 314 g/mol. The number of esters is 1. The number of aliphatic carboxylic acids is 1. The monoisotopic (exact) mass is 314 g/mol. The highest BCUT2D eigenvalue weighted by Crippen LogP contribution is 2.46. The second-order valence-corrected chi connectivity index (χ2v) is 6.07. The van der Waals surface area contributed by atoms with Crippen LogP contribution in [0, 0.1) is 0 Å². The normalized spacial score (nSPS) is 27.1. The van der Waals surface area contributed by atoms with Gasteiger partial charge < -0.3 is 20.1 Å². The van der Waals surface area contributed by atoms with Gasteiger partial charge in [-0.1, -0.05) is 11.8 Å².